The summed E-state index contributed by atoms with van der Waals surface area (Å²) in [6.07, 6.45) is 4.81. The van der Waals surface area contributed by atoms with Crippen LogP contribution < -0.4 is 5.32 Å². The van der Waals surface area contributed by atoms with E-state index in [-0.39, 0.29) is 5.82 Å². The quantitative estimate of drug-likeness (QED) is 0.492. The van der Waals surface area contributed by atoms with Crippen LogP contribution in [0.4, 0.5) is 10.2 Å². The Hall–Kier alpha value is -2.99. The highest BCUT2D eigenvalue weighted by molar-refractivity contribution is 6.30. The smallest absolute Gasteiger partial charge is 0.254 e. The Morgan fingerprint density at radius 3 is 2.47 bits per heavy atom. The molecule has 0 spiro atoms. The van der Waals surface area contributed by atoms with Crippen molar-refractivity contribution in [2.24, 2.45) is 0 Å². The summed E-state index contributed by atoms with van der Waals surface area (Å²) in [5.74, 6) is 2.04. The van der Waals surface area contributed by atoms with Crippen LogP contribution in [0.2, 0.25) is 5.02 Å². The number of halogens is 2. The van der Waals surface area contributed by atoms with Gasteiger partial charge >= 0.3 is 0 Å². The van der Waals surface area contributed by atoms with Crippen LogP contribution in [0, 0.1) is 5.82 Å². The molecule has 7 heteroatoms. The first-order valence-corrected chi connectivity index (χ1v) is 10.5. The molecule has 0 fully saturated rings. The van der Waals surface area contributed by atoms with Crippen molar-refractivity contribution in [1.82, 2.24) is 19.6 Å². The molecular weight excluding hydrogens is 401 g/mol. The normalized spacial score (nSPS) is 13.4. The molecule has 0 radical (unpaired) electrons. The zero-order valence-electron chi connectivity index (χ0n) is 16.4. The molecule has 30 heavy (non-hydrogen) atoms. The fourth-order valence-electron chi connectivity index (χ4n) is 3.91. The largest absolute Gasteiger partial charge is 0.366 e. The van der Waals surface area contributed by atoms with E-state index in [0.29, 0.717) is 23.8 Å². The maximum absolute atomic E-state index is 13.2. The Balaban J connectivity index is 1.50. The Kier molecular flexibility index (Phi) is 5.09. The van der Waals surface area contributed by atoms with Crippen molar-refractivity contribution < 1.29 is 4.39 Å². The Labute approximate surface area is 178 Å². The van der Waals surface area contributed by atoms with E-state index < -0.39 is 0 Å². The second kappa shape index (κ2) is 8.03. The van der Waals surface area contributed by atoms with Crippen molar-refractivity contribution in [3.8, 4) is 0 Å². The van der Waals surface area contributed by atoms with Gasteiger partial charge in [-0.25, -0.2) is 9.37 Å². The number of nitrogens with zero attached hydrogens (tertiary/aromatic N) is 4. The van der Waals surface area contributed by atoms with Crippen molar-refractivity contribution >= 4 is 23.2 Å². The van der Waals surface area contributed by atoms with Gasteiger partial charge in [-0.15, -0.1) is 5.10 Å². The van der Waals surface area contributed by atoms with Gasteiger partial charge in [0.2, 0.25) is 0 Å². The van der Waals surface area contributed by atoms with Gasteiger partial charge < -0.3 is 5.32 Å². The van der Waals surface area contributed by atoms with Crippen LogP contribution >= 0.6 is 11.6 Å². The zero-order valence-corrected chi connectivity index (χ0v) is 17.2. The molecule has 1 aliphatic carbocycles. The monoisotopic (exact) mass is 421 g/mol. The lowest BCUT2D eigenvalue weighted by Crippen LogP contribution is -2.15. The summed E-state index contributed by atoms with van der Waals surface area (Å²) >= 11 is 5.99. The minimum Gasteiger partial charge on any atom is -0.366 e. The van der Waals surface area contributed by atoms with Gasteiger partial charge in [-0.05, 0) is 61.1 Å². The molecule has 152 valence electrons. The number of hydrogen-bond donors (Lipinski definition) is 1. The molecule has 0 bridgehead atoms. The molecular formula is C23H21ClFN5. The van der Waals surface area contributed by atoms with Crippen LogP contribution in [0.15, 0.2) is 48.5 Å². The van der Waals surface area contributed by atoms with E-state index in [1.54, 1.807) is 12.1 Å². The number of rotatable bonds is 5. The number of aryl methyl sites for hydroxylation is 1. The van der Waals surface area contributed by atoms with Gasteiger partial charge in [0.05, 0.1) is 5.69 Å². The predicted octanol–water partition coefficient (Wildman–Crippen LogP) is 5.00. The standard InChI is InChI=1S/C23H21ClFN5/c24-17-9-5-15(6-10-17)13-21-28-23-27-20-4-2-1-3-19(20)22(30(23)29-21)26-14-16-7-11-18(25)12-8-16/h5-12,26H,1-4,13-14H2. The Morgan fingerprint density at radius 1 is 0.933 bits per heavy atom. The van der Waals surface area contributed by atoms with Gasteiger partial charge in [-0.2, -0.15) is 9.50 Å². The predicted molar refractivity (Wildman–Crippen MR) is 115 cm³/mol. The molecule has 1 aliphatic rings. The average Bonchev–Trinajstić information content (AvgIpc) is 3.16. The molecule has 5 nitrogen and oxygen atoms in total. The number of anilines is 1. The third-order valence-corrected chi connectivity index (χ3v) is 5.71. The molecule has 0 unspecified atom stereocenters. The van der Waals surface area contributed by atoms with Crippen LogP contribution in [0.3, 0.4) is 0 Å². The molecule has 1 N–H and O–H groups in total. The molecule has 4 aromatic rings. The van der Waals surface area contributed by atoms with Crippen LogP contribution in [0.5, 0.6) is 0 Å². The molecule has 2 heterocycles. The average molecular weight is 422 g/mol. The highest BCUT2D eigenvalue weighted by Crippen LogP contribution is 2.28. The lowest BCUT2D eigenvalue weighted by atomic mass is 9.96. The number of nitrogens with one attached hydrogen (secondary N) is 1. The van der Waals surface area contributed by atoms with E-state index in [2.05, 4.69) is 10.3 Å². The molecule has 5 rings (SSSR count). The van der Waals surface area contributed by atoms with E-state index in [9.17, 15) is 4.39 Å². The van der Waals surface area contributed by atoms with Crippen molar-refractivity contribution in [3.63, 3.8) is 0 Å². The summed E-state index contributed by atoms with van der Waals surface area (Å²) < 4.78 is 15.0. The number of hydrogen-bond acceptors (Lipinski definition) is 4. The molecule has 0 saturated heterocycles. The van der Waals surface area contributed by atoms with Gasteiger partial charge in [-0.1, -0.05) is 35.9 Å². The van der Waals surface area contributed by atoms with Gasteiger partial charge in [-0.3, -0.25) is 0 Å². The van der Waals surface area contributed by atoms with Crippen LogP contribution in [0.1, 0.15) is 41.1 Å². The third-order valence-electron chi connectivity index (χ3n) is 5.45. The topological polar surface area (TPSA) is 55.1 Å². The minimum absolute atomic E-state index is 0.231. The lowest BCUT2D eigenvalue weighted by molar-refractivity contribution is 0.627. The van der Waals surface area contributed by atoms with E-state index in [4.69, 9.17) is 21.7 Å². The highest BCUT2D eigenvalue weighted by atomic mass is 35.5. The minimum atomic E-state index is -0.231. The molecule has 0 atom stereocenters. The molecule has 0 amide bonds. The van der Waals surface area contributed by atoms with Gasteiger partial charge in [0.1, 0.15) is 11.6 Å². The fraction of sp³-hybridized carbons (Fsp3) is 0.261. The van der Waals surface area contributed by atoms with Crippen LogP contribution in [-0.4, -0.2) is 19.6 Å². The highest BCUT2D eigenvalue weighted by Gasteiger charge is 2.20. The summed E-state index contributed by atoms with van der Waals surface area (Å²) in [6.45, 7) is 0.582. The second-order valence-electron chi connectivity index (χ2n) is 7.62. The van der Waals surface area contributed by atoms with E-state index in [1.165, 1.54) is 17.7 Å². The number of fused-ring (bicyclic) bond motifs is 2. The first kappa shape index (κ1) is 19.0. The molecule has 2 aromatic heterocycles. The zero-order chi connectivity index (χ0) is 20.5. The molecule has 0 aliphatic heterocycles. The summed E-state index contributed by atoms with van der Waals surface area (Å²) in [6, 6.07) is 14.3. The maximum atomic E-state index is 13.2. The molecule has 2 aromatic carbocycles. The van der Waals surface area contributed by atoms with Gasteiger partial charge in [0.15, 0.2) is 5.82 Å². The van der Waals surface area contributed by atoms with E-state index >= 15 is 0 Å². The second-order valence-corrected chi connectivity index (χ2v) is 8.05. The number of aromatic nitrogens is 4. The fourth-order valence-corrected chi connectivity index (χ4v) is 4.04. The first-order valence-electron chi connectivity index (χ1n) is 10.2. The first-order chi connectivity index (χ1) is 14.7. The Bertz CT molecular complexity index is 1190. The van der Waals surface area contributed by atoms with Crippen LogP contribution in [-0.2, 0) is 25.8 Å². The third kappa shape index (κ3) is 3.87. The van der Waals surface area contributed by atoms with Crippen molar-refractivity contribution in [3.05, 3.63) is 87.6 Å². The Morgan fingerprint density at radius 2 is 1.67 bits per heavy atom. The summed E-state index contributed by atoms with van der Waals surface area (Å²) in [5, 5.41) is 8.98. The number of benzene rings is 2. The van der Waals surface area contributed by atoms with Gasteiger partial charge in [0, 0.05) is 23.6 Å². The SMILES string of the molecule is Fc1ccc(CNc2c3c(nc4nc(Cc5ccc(Cl)cc5)nn24)CCCC3)cc1. The molecule has 0 saturated carbocycles. The van der Waals surface area contributed by atoms with Crippen LogP contribution in [0.25, 0.3) is 5.78 Å². The van der Waals surface area contributed by atoms with Crippen molar-refractivity contribution in [2.45, 2.75) is 38.6 Å². The van der Waals surface area contributed by atoms with E-state index in [1.807, 2.05) is 28.8 Å². The maximum Gasteiger partial charge on any atom is 0.254 e. The van der Waals surface area contributed by atoms with E-state index in [0.717, 1.165) is 54.1 Å². The summed E-state index contributed by atoms with van der Waals surface area (Å²) in [5.41, 5.74) is 4.41. The van der Waals surface area contributed by atoms with Crippen molar-refractivity contribution in [2.75, 3.05) is 5.32 Å². The van der Waals surface area contributed by atoms with Crippen molar-refractivity contribution in [1.29, 1.82) is 0 Å². The van der Waals surface area contributed by atoms with Gasteiger partial charge in [0.25, 0.3) is 5.78 Å². The lowest BCUT2D eigenvalue weighted by Gasteiger charge is -2.20. The summed E-state index contributed by atoms with van der Waals surface area (Å²) in [4.78, 5) is 9.48. The summed E-state index contributed by atoms with van der Waals surface area (Å²) in [7, 11) is 0.